The summed E-state index contributed by atoms with van der Waals surface area (Å²) >= 11 is 0. The standard InChI is InChI=1S/C19H23F2N3O/c1-13(19(25)15-5-6-16(20)17(21)10-15)22-11-14-4-7-18(23-12-14)24-8-2-3-9-24/h4-7,10,12-13,19,22,25H,2-3,8-9,11H2,1H3. The zero-order valence-electron chi connectivity index (χ0n) is 14.3. The molecular formula is C19H23F2N3O. The Hall–Kier alpha value is -2.05. The van der Waals surface area contributed by atoms with Crippen molar-refractivity contribution in [2.24, 2.45) is 0 Å². The van der Waals surface area contributed by atoms with Crippen LogP contribution in [0, 0.1) is 11.6 Å². The van der Waals surface area contributed by atoms with Crippen molar-refractivity contribution in [2.75, 3.05) is 18.0 Å². The number of aliphatic hydroxyl groups excluding tert-OH is 1. The zero-order valence-corrected chi connectivity index (χ0v) is 14.3. The van der Waals surface area contributed by atoms with E-state index in [1.807, 2.05) is 18.3 Å². The highest BCUT2D eigenvalue weighted by Gasteiger charge is 2.18. The second kappa shape index (κ2) is 7.89. The number of nitrogens with zero attached hydrogens (tertiary/aromatic N) is 2. The molecule has 0 saturated carbocycles. The molecule has 1 saturated heterocycles. The molecule has 1 aromatic heterocycles. The maximum atomic E-state index is 13.3. The third-order valence-electron chi connectivity index (χ3n) is 4.63. The van der Waals surface area contributed by atoms with Crippen LogP contribution in [0.3, 0.4) is 0 Å². The second-order valence-corrected chi connectivity index (χ2v) is 6.51. The molecule has 2 N–H and O–H groups in total. The number of benzene rings is 1. The minimum atomic E-state index is -0.953. The number of pyridine rings is 1. The van der Waals surface area contributed by atoms with Crippen LogP contribution in [-0.4, -0.2) is 29.2 Å². The largest absolute Gasteiger partial charge is 0.387 e. The number of rotatable bonds is 6. The molecule has 0 spiro atoms. The van der Waals surface area contributed by atoms with Gasteiger partial charge in [0.05, 0.1) is 6.10 Å². The van der Waals surface area contributed by atoms with Crippen molar-refractivity contribution >= 4 is 5.82 Å². The molecule has 0 aliphatic carbocycles. The predicted octanol–water partition coefficient (Wildman–Crippen LogP) is 3.17. The van der Waals surface area contributed by atoms with E-state index in [-0.39, 0.29) is 6.04 Å². The summed E-state index contributed by atoms with van der Waals surface area (Å²) in [7, 11) is 0. The lowest BCUT2D eigenvalue weighted by molar-refractivity contribution is 0.135. The van der Waals surface area contributed by atoms with Gasteiger partial charge in [-0.3, -0.25) is 0 Å². The van der Waals surface area contributed by atoms with Gasteiger partial charge in [0.2, 0.25) is 0 Å². The molecule has 25 heavy (non-hydrogen) atoms. The van der Waals surface area contributed by atoms with E-state index in [1.54, 1.807) is 6.92 Å². The van der Waals surface area contributed by atoms with Gasteiger partial charge in [-0.15, -0.1) is 0 Å². The van der Waals surface area contributed by atoms with Crippen LogP contribution in [0.2, 0.25) is 0 Å². The monoisotopic (exact) mass is 347 g/mol. The second-order valence-electron chi connectivity index (χ2n) is 6.51. The quantitative estimate of drug-likeness (QED) is 0.843. The summed E-state index contributed by atoms with van der Waals surface area (Å²) in [5.41, 5.74) is 1.36. The predicted molar refractivity (Wildman–Crippen MR) is 93.3 cm³/mol. The van der Waals surface area contributed by atoms with Gasteiger partial charge >= 0.3 is 0 Å². The molecule has 1 aromatic carbocycles. The molecule has 1 aliphatic rings. The molecule has 4 nitrogen and oxygen atoms in total. The van der Waals surface area contributed by atoms with Gasteiger partial charge in [-0.25, -0.2) is 13.8 Å². The number of aromatic nitrogens is 1. The Labute approximate surface area is 146 Å². The maximum Gasteiger partial charge on any atom is 0.159 e. The fourth-order valence-corrected chi connectivity index (χ4v) is 3.03. The molecule has 2 heterocycles. The van der Waals surface area contributed by atoms with E-state index in [2.05, 4.69) is 15.2 Å². The van der Waals surface area contributed by atoms with Crippen molar-refractivity contribution in [1.82, 2.24) is 10.3 Å². The van der Waals surface area contributed by atoms with Crippen LogP contribution in [0.5, 0.6) is 0 Å². The summed E-state index contributed by atoms with van der Waals surface area (Å²) in [5.74, 6) is -0.873. The molecule has 2 atom stereocenters. The first-order valence-corrected chi connectivity index (χ1v) is 8.61. The van der Waals surface area contributed by atoms with E-state index >= 15 is 0 Å². The molecule has 2 unspecified atom stereocenters. The van der Waals surface area contributed by atoms with E-state index in [0.29, 0.717) is 12.1 Å². The Morgan fingerprint density at radius 1 is 1.16 bits per heavy atom. The first-order chi connectivity index (χ1) is 12.0. The van der Waals surface area contributed by atoms with Crippen LogP contribution in [0.4, 0.5) is 14.6 Å². The number of aliphatic hydroxyl groups is 1. The Balaban J connectivity index is 1.55. The highest BCUT2D eigenvalue weighted by atomic mass is 19.2. The molecule has 0 radical (unpaired) electrons. The Kier molecular flexibility index (Phi) is 5.60. The number of hydrogen-bond acceptors (Lipinski definition) is 4. The van der Waals surface area contributed by atoms with Crippen molar-refractivity contribution in [1.29, 1.82) is 0 Å². The first kappa shape index (κ1) is 17.8. The minimum absolute atomic E-state index is 0.317. The van der Waals surface area contributed by atoms with Gasteiger partial charge < -0.3 is 15.3 Å². The molecule has 6 heteroatoms. The molecule has 1 fully saturated rings. The topological polar surface area (TPSA) is 48.4 Å². The molecule has 134 valence electrons. The Morgan fingerprint density at radius 2 is 1.92 bits per heavy atom. The fraction of sp³-hybridized carbons (Fsp3) is 0.421. The highest BCUT2D eigenvalue weighted by Crippen LogP contribution is 2.20. The van der Waals surface area contributed by atoms with Gasteiger partial charge in [0.15, 0.2) is 11.6 Å². The van der Waals surface area contributed by atoms with Crippen LogP contribution in [0.15, 0.2) is 36.5 Å². The number of hydrogen-bond donors (Lipinski definition) is 2. The average Bonchev–Trinajstić information content (AvgIpc) is 3.16. The molecule has 1 aliphatic heterocycles. The molecule has 2 aromatic rings. The van der Waals surface area contributed by atoms with Crippen LogP contribution in [-0.2, 0) is 6.54 Å². The highest BCUT2D eigenvalue weighted by molar-refractivity contribution is 5.40. The summed E-state index contributed by atoms with van der Waals surface area (Å²) in [6.45, 7) is 4.46. The van der Waals surface area contributed by atoms with E-state index in [9.17, 15) is 13.9 Å². The summed E-state index contributed by atoms with van der Waals surface area (Å²) in [6, 6.07) is 7.17. The molecule has 0 amide bonds. The summed E-state index contributed by atoms with van der Waals surface area (Å²) in [4.78, 5) is 6.77. The van der Waals surface area contributed by atoms with Gasteiger partial charge in [-0.2, -0.15) is 0 Å². The summed E-state index contributed by atoms with van der Waals surface area (Å²) < 4.78 is 26.3. The van der Waals surface area contributed by atoms with Gasteiger partial charge in [0, 0.05) is 31.9 Å². The van der Waals surface area contributed by atoms with Gasteiger partial charge in [0.25, 0.3) is 0 Å². The number of nitrogens with one attached hydrogen (secondary N) is 1. The van der Waals surface area contributed by atoms with Crippen LogP contribution < -0.4 is 10.2 Å². The normalized spacial score (nSPS) is 16.9. The van der Waals surface area contributed by atoms with Crippen LogP contribution >= 0.6 is 0 Å². The van der Waals surface area contributed by atoms with Crippen molar-refractivity contribution < 1.29 is 13.9 Å². The van der Waals surface area contributed by atoms with Gasteiger partial charge in [-0.05, 0) is 49.1 Å². The van der Waals surface area contributed by atoms with E-state index < -0.39 is 17.7 Å². The van der Waals surface area contributed by atoms with E-state index in [1.165, 1.54) is 18.9 Å². The van der Waals surface area contributed by atoms with Crippen molar-refractivity contribution in [3.8, 4) is 0 Å². The average molecular weight is 347 g/mol. The summed E-state index contributed by atoms with van der Waals surface area (Å²) in [5, 5.41) is 13.5. The van der Waals surface area contributed by atoms with Crippen LogP contribution in [0.1, 0.15) is 37.0 Å². The van der Waals surface area contributed by atoms with E-state index in [0.717, 1.165) is 36.6 Å². The third-order valence-corrected chi connectivity index (χ3v) is 4.63. The maximum absolute atomic E-state index is 13.3. The summed E-state index contributed by atoms with van der Waals surface area (Å²) in [6.07, 6.45) is 3.33. The zero-order chi connectivity index (χ0) is 17.8. The lowest BCUT2D eigenvalue weighted by atomic mass is 10.0. The van der Waals surface area contributed by atoms with Gasteiger partial charge in [0.1, 0.15) is 5.82 Å². The Bertz CT molecular complexity index is 702. The first-order valence-electron chi connectivity index (χ1n) is 8.61. The van der Waals surface area contributed by atoms with Gasteiger partial charge in [-0.1, -0.05) is 12.1 Å². The number of anilines is 1. The fourth-order valence-electron chi connectivity index (χ4n) is 3.03. The lowest BCUT2D eigenvalue weighted by Crippen LogP contribution is -2.31. The Morgan fingerprint density at radius 3 is 2.56 bits per heavy atom. The third kappa shape index (κ3) is 4.32. The van der Waals surface area contributed by atoms with Crippen LogP contribution in [0.25, 0.3) is 0 Å². The van der Waals surface area contributed by atoms with Crippen molar-refractivity contribution in [2.45, 2.75) is 38.5 Å². The van der Waals surface area contributed by atoms with Crippen molar-refractivity contribution in [3.05, 3.63) is 59.3 Å². The number of halogens is 2. The smallest absolute Gasteiger partial charge is 0.159 e. The SMILES string of the molecule is CC(NCc1ccc(N2CCCC2)nc1)C(O)c1ccc(F)c(F)c1. The van der Waals surface area contributed by atoms with Crippen molar-refractivity contribution in [3.63, 3.8) is 0 Å². The van der Waals surface area contributed by atoms with E-state index in [4.69, 9.17) is 0 Å². The molecule has 0 bridgehead atoms. The lowest BCUT2D eigenvalue weighted by Gasteiger charge is -2.21. The molecule has 3 rings (SSSR count). The minimum Gasteiger partial charge on any atom is -0.387 e. The molecular weight excluding hydrogens is 324 g/mol.